The van der Waals surface area contributed by atoms with Gasteiger partial charge in [0.1, 0.15) is 5.82 Å². The zero-order valence-corrected chi connectivity index (χ0v) is 17.9. The number of imidazole rings is 1. The predicted octanol–water partition coefficient (Wildman–Crippen LogP) is 3.55. The van der Waals surface area contributed by atoms with Crippen LogP contribution in [0.25, 0.3) is 11.0 Å². The minimum atomic E-state index is 0.776. The summed E-state index contributed by atoms with van der Waals surface area (Å²) in [5.41, 5.74) is 3.42. The fourth-order valence-electron chi connectivity index (χ4n) is 3.17. The molecular formula is C21H30N6S. The van der Waals surface area contributed by atoms with Crippen LogP contribution < -0.4 is 10.6 Å². The van der Waals surface area contributed by atoms with E-state index >= 15 is 0 Å². The van der Waals surface area contributed by atoms with Crippen molar-refractivity contribution in [3.63, 3.8) is 0 Å². The summed E-state index contributed by atoms with van der Waals surface area (Å²) >= 11 is 1.74. The first-order chi connectivity index (χ1) is 13.7. The van der Waals surface area contributed by atoms with Gasteiger partial charge in [0.05, 0.1) is 21.7 Å². The van der Waals surface area contributed by atoms with Gasteiger partial charge in [-0.3, -0.25) is 4.99 Å². The first-order valence-corrected chi connectivity index (χ1v) is 11.0. The van der Waals surface area contributed by atoms with Crippen molar-refractivity contribution in [2.75, 3.05) is 19.6 Å². The molecule has 0 spiro atoms. The van der Waals surface area contributed by atoms with Crippen molar-refractivity contribution in [3.05, 3.63) is 46.2 Å². The predicted molar refractivity (Wildman–Crippen MR) is 118 cm³/mol. The molecule has 0 atom stereocenters. The SMILES string of the molecule is CCNC(=NCCCn1c(C)nc2ccccc21)NCCc1csc(CC)n1. The molecule has 0 unspecified atom stereocenters. The second-order valence-corrected chi connectivity index (χ2v) is 7.62. The second kappa shape index (κ2) is 10.2. The Balaban J connectivity index is 1.49. The number of nitrogens with one attached hydrogen (secondary N) is 2. The molecule has 0 radical (unpaired) electrons. The number of benzene rings is 1. The number of rotatable bonds is 9. The third kappa shape index (κ3) is 5.32. The zero-order valence-electron chi connectivity index (χ0n) is 17.0. The molecular weight excluding hydrogens is 368 g/mol. The molecule has 0 fully saturated rings. The molecule has 0 aliphatic carbocycles. The number of hydrogen-bond donors (Lipinski definition) is 2. The van der Waals surface area contributed by atoms with E-state index in [1.54, 1.807) is 11.3 Å². The number of aromatic nitrogens is 3. The molecule has 6 nitrogen and oxygen atoms in total. The number of aliphatic imine (C=N–C) groups is 1. The lowest BCUT2D eigenvalue weighted by atomic mass is 10.3. The summed E-state index contributed by atoms with van der Waals surface area (Å²) in [6, 6.07) is 8.30. The Morgan fingerprint density at radius 3 is 2.82 bits per heavy atom. The Morgan fingerprint density at radius 2 is 2.04 bits per heavy atom. The zero-order chi connectivity index (χ0) is 19.8. The van der Waals surface area contributed by atoms with E-state index < -0.39 is 0 Å². The largest absolute Gasteiger partial charge is 0.357 e. The molecule has 0 aliphatic rings. The standard InChI is InChI=1S/C21H30N6S/c1-4-20-26-17(15-28-20)11-13-24-21(22-5-2)23-12-8-14-27-16(3)25-18-9-6-7-10-19(18)27/h6-7,9-10,15H,4-5,8,11-14H2,1-3H3,(H2,22,23,24). The summed E-state index contributed by atoms with van der Waals surface area (Å²) in [5, 5.41) is 10.1. The summed E-state index contributed by atoms with van der Waals surface area (Å²) < 4.78 is 2.28. The third-order valence-electron chi connectivity index (χ3n) is 4.57. The molecule has 0 aliphatic heterocycles. The Bertz CT molecular complexity index is 911. The number of para-hydroxylation sites is 2. The maximum absolute atomic E-state index is 4.72. The van der Waals surface area contributed by atoms with Crippen LogP contribution in [-0.4, -0.2) is 40.1 Å². The van der Waals surface area contributed by atoms with Crippen LogP contribution in [0.2, 0.25) is 0 Å². The van der Waals surface area contributed by atoms with Gasteiger partial charge in [-0.25, -0.2) is 9.97 Å². The summed E-state index contributed by atoms with van der Waals surface area (Å²) in [6.07, 6.45) is 2.90. The van der Waals surface area contributed by atoms with E-state index in [2.05, 4.69) is 69.5 Å². The Hall–Kier alpha value is -2.41. The van der Waals surface area contributed by atoms with Gasteiger partial charge in [-0.15, -0.1) is 11.3 Å². The summed E-state index contributed by atoms with van der Waals surface area (Å²) in [4.78, 5) is 14.0. The number of fused-ring (bicyclic) bond motifs is 1. The second-order valence-electron chi connectivity index (χ2n) is 6.68. The van der Waals surface area contributed by atoms with Crippen molar-refractivity contribution in [1.82, 2.24) is 25.2 Å². The van der Waals surface area contributed by atoms with Crippen molar-refractivity contribution in [3.8, 4) is 0 Å². The molecule has 0 bridgehead atoms. The number of aryl methyl sites for hydroxylation is 3. The van der Waals surface area contributed by atoms with Crippen LogP contribution >= 0.6 is 11.3 Å². The fourth-order valence-corrected chi connectivity index (χ4v) is 3.95. The number of nitrogens with zero attached hydrogens (tertiary/aromatic N) is 4. The van der Waals surface area contributed by atoms with Crippen molar-refractivity contribution in [1.29, 1.82) is 0 Å². The van der Waals surface area contributed by atoms with E-state index in [0.717, 1.165) is 68.4 Å². The summed E-state index contributed by atoms with van der Waals surface area (Å²) in [5.74, 6) is 1.94. The highest BCUT2D eigenvalue weighted by molar-refractivity contribution is 7.09. The van der Waals surface area contributed by atoms with Crippen LogP contribution in [0.1, 0.15) is 36.8 Å². The highest BCUT2D eigenvalue weighted by Crippen LogP contribution is 2.15. The molecule has 2 heterocycles. The van der Waals surface area contributed by atoms with E-state index in [1.165, 1.54) is 10.5 Å². The quantitative estimate of drug-likeness (QED) is 0.329. The lowest BCUT2D eigenvalue weighted by Gasteiger charge is -2.11. The van der Waals surface area contributed by atoms with Gasteiger partial charge in [-0.05, 0) is 38.8 Å². The van der Waals surface area contributed by atoms with Crippen LogP contribution in [0.3, 0.4) is 0 Å². The third-order valence-corrected chi connectivity index (χ3v) is 5.62. The Morgan fingerprint density at radius 1 is 1.18 bits per heavy atom. The Labute approximate surface area is 171 Å². The fraction of sp³-hybridized carbons (Fsp3) is 0.476. The van der Waals surface area contributed by atoms with E-state index in [4.69, 9.17) is 4.99 Å². The molecule has 3 aromatic rings. The first-order valence-electron chi connectivity index (χ1n) is 10.1. The average molecular weight is 399 g/mol. The van der Waals surface area contributed by atoms with Gasteiger partial charge >= 0.3 is 0 Å². The number of thiazole rings is 1. The molecule has 0 saturated carbocycles. The average Bonchev–Trinajstić information content (AvgIpc) is 3.29. The van der Waals surface area contributed by atoms with Crippen molar-refractivity contribution < 1.29 is 0 Å². The van der Waals surface area contributed by atoms with Gasteiger partial charge in [-0.1, -0.05) is 19.1 Å². The minimum Gasteiger partial charge on any atom is -0.357 e. The van der Waals surface area contributed by atoms with Crippen molar-refractivity contribution in [2.24, 2.45) is 4.99 Å². The van der Waals surface area contributed by atoms with Gasteiger partial charge in [0.2, 0.25) is 0 Å². The van der Waals surface area contributed by atoms with Crippen molar-refractivity contribution in [2.45, 2.75) is 46.6 Å². The molecule has 0 saturated heterocycles. The molecule has 1 aromatic carbocycles. The molecule has 2 N–H and O–H groups in total. The Kier molecular flexibility index (Phi) is 7.42. The van der Waals surface area contributed by atoms with Crippen molar-refractivity contribution >= 4 is 28.3 Å². The monoisotopic (exact) mass is 398 g/mol. The van der Waals surface area contributed by atoms with Gasteiger partial charge in [0, 0.05) is 38.0 Å². The topological polar surface area (TPSA) is 67.1 Å². The van der Waals surface area contributed by atoms with Crippen LogP contribution in [-0.2, 0) is 19.4 Å². The molecule has 7 heteroatoms. The number of hydrogen-bond acceptors (Lipinski definition) is 4. The van der Waals surface area contributed by atoms with Gasteiger partial charge in [-0.2, -0.15) is 0 Å². The molecule has 3 rings (SSSR count). The van der Waals surface area contributed by atoms with E-state index in [-0.39, 0.29) is 0 Å². The maximum atomic E-state index is 4.72. The van der Waals surface area contributed by atoms with E-state index in [1.807, 2.05) is 6.07 Å². The van der Waals surface area contributed by atoms with E-state index in [9.17, 15) is 0 Å². The lowest BCUT2D eigenvalue weighted by molar-refractivity contribution is 0.645. The van der Waals surface area contributed by atoms with Crippen LogP contribution in [0.5, 0.6) is 0 Å². The minimum absolute atomic E-state index is 0.776. The van der Waals surface area contributed by atoms with Crippen LogP contribution in [0.4, 0.5) is 0 Å². The lowest BCUT2D eigenvalue weighted by Crippen LogP contribution is -2.38. The molecule has 2 aromatic heterocycles. The smallest absolute Gasteiger partial charge is 0.191 e. The molecule has 150 valence electrons. The summed E-state index contributed by atoms with van der Waals surface area (Å²) in [7, 11) is 0. The highest BCUT2D eigenvalue weighted by Gasteiger charge is 2.06. The highest BCUT2D eigenvalue weighted by atomic mass is 32.1. The maximum Gasteiger partial charge on any atom is 0.191 e. The van der Waals surface area contributed by atoms with Crippen LogP contribution in [0, 0.1) is 6.92 Å². The van der Waals surface area contributed by atoms with Gasteiger partial charge < -0.3 is 15.2 Å². The molecule has 0 amide bonds. The molecule has 28 heavy (non-hydrogen) atoms. The first kappa shape index (κ1) is 20.3. The normalized spacial score (nSPS) is 11.9. The van der Waals surface area contributed by atoms with E-state index in [0.29, 0.717) is 0 Å². The van der Waals surface area contributed by atoms with Crippen LogP contribution in [0.15, 0.2) is 34.6 Å². The number of guanidine groups is 1. The van der Waals surface area contributed by atoms with Gasteiger partial charge in [0.15, 0.2) is 5.96 Å². The van der Waals surface area contributed by atoms with Gasteiger partial charge in [0.25, 0.3) is 0 Å². The summed E-state index contributed by atoms with van der Waals surface area (Å²) in [6.45, 7) is 9.69.